The molecule has 0 unspecified atom stereocenters. The van der Waals surface area contributed by atoms with Gasteiger partial charge in [-0.05, 0) is 0 Å². The second kappa shape index (κ2) is 6.08. The summed E-state index contributed by atoms with van der Waals surface area (Å²) in [5, 5.41) is 0. The van der Waals surface area contributed by atoms with Crippen molar-refractivity contribution in [1.82, 2.24) is 4.90 Å². The van der Waals surface area contributed by atoms with Gasteiger partial charge in [0.25, 0.3) is 0 Å². The lowest BCUT2D eigenvalue weighted by Gasteiger charge is -2.14. The lowest BCUT2D eigenvalue weighted by atomic mass is 10.3. The van der Waals surface area contributed by atoms with E-state index in [0.29, 0.717) is 0 Å². The Hall–Kier alpha value is -1.88. The summed E-state index contributed by atoms with van der Waals surface area (Å²) >= 11 is 0. The van der Waals surface area contributed by atoms with Gasteiger partial charge in [-0.25, -0.2) is 18.3 Å². The minimum atomic E-state index is -5.50. The smallest absolute Gasteiger partial charge is 0.386 e. The Bertz CT molecular complexity index is 714. The van der Waals surface area contributed by atoms with Gasteiger partial charge in [-0.15, -0.1) is 0 Å². The average molecular weight is 345 g/mol. The highest BCUT2D eigenvalue weighted by Crippen LogP contribution is 2.32. The van der Waals surface area contributed by atoms with E-state index in [-0.39, 0.29) is 6.02 Å². The van der Waals surface area contributed by atoms with Crippen molar-refractivity contribution in [2.24, 2.45) is 0 Å². The van der Waals surface area contributed by atoms with Gasteiger partial charge >= 0.3 is 16.1 Å². The SMILES string of the molecule is CN(C)C(Oc1c(F)c(F)c(S(=O)(=O)O)c(F)c1F)=[N+](C)C. The predicted octanol–water partition coefficient (Wildman–Crippen LogP) is 1.06. The second-order valence-corrected chi connectivity index (χ2v) is 5.92. The Morgan fingerprint density at radius 2 is 1.45 bits per heavy atom. The zero-order valence-corrected chi connectivity index (χ0v) is 12.8. The van der Waals surface area contributed by atoms with Crippen LogP contribution in [0, 0.1) is 23.3 Å². The summed E-state index contributed by atoms with van der Waals surface area (Å²) in [7, 11) is 0.239. The molecule has 0 fully saturated rings. The molecule has 0 aromatic heterocycles. The third-order valence-electron chi connectivity index (χ3n) is 2.40. The fraction of sp³-hybridized carbons (Fsp3) is 0.364. The molecule has 22 heavy (non-hydrogen) atoms. The van der Waals surface area contributed by atoms with Crippen LogP contribution in [0.15, 0.2) is 4.90 Å². The van der Waals surface area contributed by atoms with Crippen molar-refractivity contribution in [3.05, 3.63) is 23.3 Å². The highest BCUT2D eigenvalue weighted by atomic mass is 32.2. The molecule has 0 heterocycles. The summed E-state index contributed by atoms with van der Waals surface area (Å²) in [6.07, 6.45) is 0. The number of halogens is 4. The van der Waals surface area contributed by atoms with Gasteiger partial charge < -0.3 is 4.74 Å². The number of ether oxygens (including phenoxy) is 1. The van der Waals surface area contributed by atoms with Crippen molar-refractivity contribution in [2.45, 2.75) is 4.90 Å². The molecule has 0 saturated carbocycles. The van der Waals surface area contributed by atoms with Crippen LogP contribution in [-0.2, 0) is 10.1 Å². The highest BCUT2D eigenvalue weighted by Gasteiger charge is 2.34. The van der Waals surface area contributed by atoms with Crippen molar-refractivity contribution in [2.75, 3.05) is 28.2 Å². The Morgan fingerprint density at radius 1 is 1.05 bits per heavy atom. The molecule has 0 aliphatic rings. The molecule has 124 valence electrons. The van der Waals surface area contributed by atoms with Crippen LogP contribution in [0.3, 0.4) is 0 Å². The zero-order chi connectivity index (χ0) is 17.4. The fourth-order valence-corrected chi connectivity index (χ4v) is 2.21. The summed E-state index contributed by atoms with van der Waals surface area (Å²) in [5.41, 5.74) is 0. The third-order valence-corrected chi connectivity index (χ3v) is 3.27. The highest BCUT2D eigenvalue weighted by molar-refractivity contribution is 7.85. The van der Waals surface area contributed by atoms with Crippen LogP contribution in [0.25, 0.3) is 0 Å². The summed E-state index contributed by atoms with van der Waals surface area (Å²) in [4.78, 5) is -0.864. The first kappa shape index (κ1) is 18.2. The lowest BCUT2D eigenvalue weighted by molar-refractivity contribution is -0.478. The quantitative estimate of drug-likeness (QED) is 0.217. The maximum atomic E-state index is 13.8. The Balaban J connectivity index is 3.65. The predicted molar refractivity (Wildman–Crippen MR) is 67.5 cm³/mol. The van der Waals surface area contributed by atoms with Gasteiger partial charge in [-0.1, -0.05) is 0 Å². The van der Waals surface area contributed by atoms with E-state index in [2.05, 4.69) is 0 Å². The van der Waals surface area contributed by atoms with E-state index in [1.807, 2.05) is 0 Å². The lowest BCUT2D eigenvalue weighted by Crippen LogP contribution is -2.35. The van der Waals surface area contributed by atoms with Gasteiger partial charge in [-0.3, -0.25) is 4.55 Å². The van der Waals surface area contributed by atoms with Crippen molar-refractivity contribution in [1.29, 1.82) is 0 Å². The summed E-state index contributed by atoms with van der Waals surface area (Å²) < 4.78 is 91.1. The molecule has 0 bridgehead atoms. The van der Waals surface area contributed by atoms with Crippen LogP contribution >= 0.6 is 0 Å². The first-order chi connectivity index (χ1) is 9.89. The van der Waals surface area contributed by atoms with E-state index in [0.717, 1.165) is 0 Å². The van der Waals surface area contributed by atoms with E-state index in [1.165, 1.54) is 37.7 Å². The largest absolute Gasteiger partial charge is 0.451 e. The van der Waals surface area contributed by atoms with E-state index in [1.54, 1.807) is 0 Å². The van der Waals surface area contributed by atoms with Crippen LogP contribution in [-0.4, -0.2) is 56.7 Å². The van der Waals surface area contributed by atoms with E-state index in [4.69, 9.17) is 9.29 Å². The van der Waals surface area contributed by atoms with E-state index in [9.17, 15) is 26.0 Å². The fourth-order valence-electron chi connectivity index (χ4n) is 1.58. The van der Waals surface area contributed by atoms with Crippen LogP contribution < -0.4 is 4.74 Å². The molecular weight excluding hydrogens is 332 g/mol. The molecule has 0 aliphatic heterocycles. The van der Waals surface area contributed by atoms with Gasteiger partial charge in [-0.2, -0.15) is 17.2 Å². The number of hydrogen-bond acceptors (Lipinski definition) is 3. The van der Waals surface area contributed by atoms with Gasteiger partial charge in [0.15, 0.2) is 16.5 Å². The number of rotatable bonds is 2. The van der Waals surface area contributed by atoms with Crippen LogP contribution in [0.4, 0.5) is 17.6 Å². The Morgan fingerprint density at radius 3 is 1.73 bits per heavy atom. The molecule has 0 spiro atoms. The molecular formula is C11H13F4N2O4S+. The van der Waals surface area contributed by atoms with Crippen molar-refractivity contribution in [3.63, 3.8) is 0 Å². The molecule has 6 nitrogen and oxygen atoms in total. The molecule has 0 radical (unpaired) electrons. The molecule has 11 heteroatoms. The number of hydrogen-bond donors (Lipinski definition) is 1. The number of nitrogens with zero attached hydrogens (tertiary/aromatic N) is 2. The van der Waals surface area contributed by atoms with Crippen LogP contribution in [0.2, 0.25) is 0 Å². The van der Waals surface area contributed by atoms with Gasteiger partial charge in [0.05, 0.1) is 28.2 Å². The number of amidine groups is 1. The molecule has 1 rings (SSSR count). The van der Waals surface area contributed by atoms with Crippen molar-refractivity contribution in [3.8, 4) is 5.75 Å². The molecule has 0 atom stereocenters. The molecule has 0 amide bonds. The number of benzene rings is 1. The standard InChI is InChI=1S/C11H12F4N2O4S/c1-16(2)11(17(3)4)21-9-5(12)7(14)10(22(18,19)20)8(15)6(9)13/h1-4H3/p+1. The molecule has 1 N–H and O–H groups in total. The topological polar surface area (TPSA) is 69.9 Å². The van der Waals surface area contributed by atoms with E-state index < -0.39 is 44.0 Å². The first-order valence-corrected chi connectivity index (χ1v) is 7.06. The maximum absolute atomic E-state index is 13.8. The van der Waals surface area contributed by atoms with Crippen LogP contribution in [0.1, 0.15) is 0 Å². The van der Waals surface area contributed by atoms with Crippen molar-refractivity contribution < 1.29 is 39.8 Å². The van der Waals surface area contributed by atoms with Gasteiger partial charge in [0, 0.05) is 0 Å². The summed E-state index contributed by atoms with van der Waals surface area (Å²) in [6, 6.07) is -0.184. The molecule has 0 saturated heterocycles. The summed E-state index contributed by atoms with van der Waals surface area (Å²) in [6.45, 7) is 0. The van der Waals surface area contributed by atoms with Crippen LogP contribution in [0.5, 0.6) is 5.75 Å². The summed E-state index contributed by atoms with van der Waals surface area (Å²) in [5.74, 6) is -10.2. The molecule has 0 aliphatic carbocycles. The average Bonchev–Trinajstić information content (AvgIpc) is 2.34. The molecule has 1 aromatic rings. The molecule has 1 aromatic carbocycles. The Labute approximate surface area is 124 Å². The maximum Gasteiger partial charge on any atom is 0.451 e. The van der Waals surface area contributed by atoms with E-state index >= 15 is 0 Å². The first-order valence-electron chi connectivity index (χ1n) is 5.62. The monoisotopic (exact) mass is 345 g/mol. The second-order valence-electron chi connectivity index (χ2n) is 4.56. The Kier molecular flexibility index (Phi) is 5.03. The third kappa shape index (κ3) is 3.30. The minimum absolute atomic E-state index is 0.184. The minimum Gasteiger partial charge on any atom is -0.386 e. The normalized spacial score (nSPS) is 11.3. The van der Waals surface area contributed by atoms with Gasteiger partial charge in [0.2, 0.25) is 17.4 Å². The van der Waals surface area contributed by atoms with Crippen molar-refractivity contribution >= 4 is 16.1 Å². The zero-order valence-electron chi connectivity index (χ0n) is 12.0. The van der Waals surface area contributed by atoms with Gasteiger partial charge in [0.1, 0.15) is 0 Å².